The molecule has 0 aliphatic heterocycles. The largest absolute Gasteiger partial charge is 0.309 e. The molecule has 17 heavy (non-hydrogen) atoms. The Bertz CT molecular complexity index is 387. The van der Waals surface area contributed by atoms with Gasteiger partial charge in [-0.05, 0) is 25.3 Å². The summed E-state index contributed by atoms with van der Waals surface area (Å²) in [5, 5.41) is 4.39. The number of nitrogens with one attached hydrogen (secondary N) is 1. The van der Waals surface area contributed by atoms with Crippen molar-refractivity contribution in [1.82, 2.24) is 5.32 Å². The average molecular weight is 296 g/mol. The van der Waals surface area contributed by atoms with Crippen molar-refractivity contribution in [3.63, 3.8) is 0 Å². The number of rotatable bonds is 5. The molecular weight excluding hydrogens is 280 g/mol. The second-order valence-corrected chi connectivity index (χ2v) is 5.99. The van der Waals surface area contributed by atoms with Crippen LogP contribution in [-0.4, -0.2) is 18.1 Å². The van der Waals surface area contributed by atoms with Crippen LogP contribution in [0.4, 0.5) is 4.39 Å². The molecule has 0 fully saturated rings. The molecule has 0 amide bonds. The molecule has 1 N–H and O–H groups in total. The van der Waals surface area contributed by atoms with Crippen molar-refractivity contribution in [2.45, 2.75) is 25.1 Å². The highest BCUT2D eigenvalue weighted by molar-refractivity contribution is 7.99. The lowest BCUT2D eigenvalue weighted by Crippen LogP contribution is -2.26. The average Bonchev–Trinajstić information content (AvgIpc) is 2.31. The van der Waals surface area contributed by atoms with E-state index in [9.17, 15) is 4.39 Å². The van der Waals surface area contributed by atoms with Crippen molar-refractivity contribution in [3.05, 3.63) is 33.6 Å². The molecule has 0 bridgehead atoms. The molecule has 1 aromatic carbocycles. The highest BCUT2D eigenvalue weighted by atomic mass is 35.5. The van der Waals surface area contributed by atoms with Crippen molar-refractivity contribution in [3.8, 4) is 0 Å². The molecule has 5 heteroatoms. The smallest absolute Gasteiger partial charge is 0.142 e. The summed E-state index contributed by atoms with van der Waals surface area (Å²) in [5.74, 6) is -0.433. The van der Waals surface area contributed by atoms with E-state index in [4.69, 9.17) is 23.2 Å². The number of hydrogen-bond donors (Lipinski definition) is 1. The van der Waals surface area contributed by atoms with Gasteiger partial charge in [0.05, 0.1) is 5.02 Å². The lowest BCUT2D eigenvalue weighted by atomic mass is 10.1. The Labute approximate surface area is 116 Å². The number of thioether (sulfide) groups is 1. The lowest BCUT2D eigenvalue weighted by molar-refractivity contribution is 0.567. The first-order chi connectivity index (χ1) is 7.97. The first-order valence-corrected chi connectivity index (χ1v) is 7.41. The Morgan fingerprint density at radius 3 is 2.59 bits per heavy atom. The van der Waals surface area contributed by atoms with E-state index in [-0.39, 0.29) is 11.1 Å². The summed E-state index contributed by atoms with van der Waals surface area (Å²) in [6.07, 6.45) is 2.05. The zero-order chi connectivity index (χ0) is 13.0. The minimum atomic E-state index is -0.433. The maximum atomic E-state index is 13.4. The Kier molecular flexibility index (Phi) is 6.07. The zero-order valence-corrected chi connectivity index (χ0v) is 12.4. The normalized spacial score (nSPS) is 14.7. The molecule has 96 valence electrons. The highest BCUT2D eigenvalue weighted by Gasteiger charge is 2.17. The summed E-state index contributed by atoms with van der Waals surface area (Å²) < 4.78 is 13.4. The third-order valence-electron chi connectivity index (χ3n) is 2.63. The van der Waals surface area contributed by atoms with E-state index in [0.29, 0.717) is 15.8 Å². The van der Waals surface area contributed by atoms with Crippen molar-refractivity contribution in [1.29, 1.82) is 0 Å². The molecule has 0 saturated heterocycles. The van der Waals surface area contributed by atoms with E-state index in [2.05, 4.69) is 18.5 Å². The van der Waals surface area contributed by atoms with Gasteiger partial charge in [0, 0.05) is 28.4 Å². The summed E-state index contributed by atoms with van der Waals surface area (Å²) >= 11 is 13.8. The topological polar surface area (TPSA) is 12.0 Å². The van der Waals surface area contributed by atoms with Crippen LogP contribution in [0.1, 0.15) is 25.5 Å². The number of hydrogen-bond acceptors (Lipinski definition) is 2. The maximum Gasteiger partial charge on any atom is 0.142 e. The quantitative estimate of drug-likeness (QED) is 0.801. The first kappa shape index (κ1) is 15.1. The van der Waals surface area contributed by atoms with Crippen LogP contribution < -0.4 is 5.32 Å². The molecule has 0 aromatic heterocycles. The Balaban J connectivity index is 2.81. The standard InChI is InChI=1S/C12H16Cl2FNS/c1-7(17-3)6-16-8(2)11-9(13)4-5-10(15)12(11)14/h4-5,7-8,16H,6H2,1-3H3. The summed E-state index contributed by atoms with van der Waals surface area (Å²) in [5.41, 5.74) is 0.627. The fraction of sp³-hybridized carbons (Fsp3) is 0.500. The van der Waals surface area contributed by atoms with Gasteiger partial charge in [-0.15, -0.1) is 0 Å². The van der Waals surface area contributed by atoms with Gasteiger partial charge in [-0.2, -0.15) is 11.8 Å². The molecule has 1 aromatic rings. The van der Waals surface area contributed by atoms with Crippen molar-refractivity contribution < 1.29 is 4.39 Å². The predicted octanol–water partition coefficient (Wildman–Crippen LogP) is 4.53. The summed E-state index contributed by atoms with van der Waals surface area (Å²) in [6, 6.07) is 2.75. The van der Waals surface area contributed by atoms with Crippen LogP contribution in [0, 0.1) is 5.82 Å². The Morgan fingerprint density at radius 2 is 2.00 bits per heavy atom. The second kappa shape index (κ2) is 6.83. The van der Waals surface area contributed by atoms with E-state index in [1.54, 1.807) is 11.8 Å². The van der Waals surface area contributed by atoms with Crippen molar-refractivity contribution in [2.75, 3.05) is 12.8 Å². The minimum Gasteiger partial charge on any atom is -0.309 e. The van der Waals surface area contributed by atoms with Crippen LogP contribution in [0.25, 0.3) is 0 Å². The number of benzene rings is 1. The second-order valence-electron chi connectivity index (χ2n) is 3.93. The van der Waals surface area contributed by atoms with Gasteiger partial charge in [0.15, 0.2) is 0 Å². The SMILES string of the molecule is CSC(C)CNC(C)c1c(Cl)ccc(F)c1Cl. The van der Waals surface area contributed by atoms with Gasteiger partial charge in [0.25, 0.3) is 0 Å². The first-order valence-electron chi connectivity index (χ1n) is 5.37. The van der Waals surface area contributed by atoms with Crippen LogP contribution in [0.3, 0.4) is 0 Å². The van der Waals surface area contributed by atoms with E-state index in [1.165, 1.54) is 12.1 Å². The van der Waals surface area contributed by atoms with Crippen molar-refractivity contribution >= 4 is 35.0 Å². The van der Waals surface area contributed by atoms with E-state index in [1.807, 2.05) is 6.92 Å². The third kappa shape index (κ3) is 4.02. The molecule has 2 atom stereocenters. The van der Waals surface area contributed by atoms with Crippen LogP contribution in [0.15, 0.2) is 12.1 Å². The van der Waals surface area contributed by atoms with Gasteiger partial charge in [0.1, 0.15) is 5.82 Å². The summed E-state index contributed by atoms with van der Waals surface area (Å²) in [7, 11) is 0. The summed E-state index contributed by atoms with van der Waals surface area (Å²) in [4.78, 5) is 0. The molecule has 2 unspecified atom stereocenters. The third-order valence-corrected chi connectivity index (χ3v) is 4.31. The molecule has 1 rings (SSSR count). The lowest BCUT2D eigenvalue weighted by Gasteiger charge is -2.19. The molecule has 0 radical (unpaired) electrons. The van der Waals surface area contributed by atoms with Crippen LogP contribution in [0.5, 0.6) is 0 Å². The molecular formula is C12H16Cl2FNS. The maximum absolute atomic E-state index is 13.4. The van der Waals surface area contributed by atoms with E-state index in [0.717, 1.165) is 6.54 Å². The van der Waals surface area contributed by atoms with Crippen LogP contribution >= 0.6 is 35.0 Å². The molecule has 0 aliphatic carbocycles. The Morgan fingerprint density at radius 1 is 1.35 bits per heavy atom. The van der Waals surface area contributed by atoms with Crippen LogP contribution in [0.2, 0.25) is 10.0 Å². The fourth-order valence-corrected chi connectivity index (χ4v) is 2.43. The minimum absolute atomic E-state index is 0.0692. The molecule has 0 aliphatic rings. The van der Waals surface area contributed by atoms with Gasteiger partial charge < -0.3 is 5.32 Å². The highest BCUT2D eigenvalue weighted by Crippen LogP contribution is 2.32. The van der Waals surface area contributed by atoms with E-state index < -0.39 is 5.82 Å². The van der Waals surface area contributed by atoms with Gasteiger partial charge in [0.2, 0.25) is 0 Å². The zero-order valence-electron chi connectivity index (χ0n) is 10.1. The molecule has 0 heterocycles. The van der Waals surface area contributed by atoms with Gasteiger partial charge in [-0.25, -0.2) is 4.39 Å². The van der Waals surface area contributed by atoms with E-state index >= 15 is 0 Å². The Hall–Kier alpha value is 0.0400. The molecule has 1 nitrogen and oxygen atoms in total. The number of halogens is 3. The van der Waals surface area contributed by atoms with Gasteiger partial charge >= 0.3 is 0 Å². The van der Waals surface area contributed by atoms with Crippen molar-refractivity contribution in [2.24, 2.45) is 0 Å². The predicted molar refractivity (Wildman–Crippen MR) is 75.8 cm³/mol. The molecule has 0 saturated carbocycles. The van der Waals surface area contributed by atoms with Crippen LogP contribution in [-0.2, 0) is 0 Å². The molecule has 0 spiro atoms. The monoisotopic (exact) mass is 295 g/mol. The summed E-state index contributed by atoms with van der Waals surface area (Å²) in [6.45, 7) is 4.88. The fourth-order valence-electron chi connectivity index (χ4n) is 1.47. The van der Waals surface area contributed by atoms with Gasteiger partial charge in [-0.3, -0.25) is 0 Å². The van der Waals surface area contributed by atoms with Gasteiger partial charge in [-0.1, -0.05) is 30.1 Å².